The number of likely N-dealkylation sites (tertiary alicyclic amines) is 2. The van der Waals surface area contributed by atoms with Crippen LogP contribution in [0.3, 0.4) is 0 Å². The molecule has 1 N–H and O–H groups in total. The molecule has 35 heavy (non-hydrogen) atoms. The molecule has 182 valence electrons. The molecule has 6 aliphatic rings. The molecule has 2 aromatic rings. The van der Waals surface area contributed by atoms with Crippen LogP contribution in [-0.2, 0) is 11.8 Å². The number of nitrogens with zero attached hydrogens (tertiary/aromatic N) is 3. The van der Waals surface area contributed by atoms with E-state index in [4.69, 9.17) is 0 Å². The minimum atomic E-state index is 0.00756. The number of phenolic OH excluding ortho intramolecular Hbond substituents is 1. The molecule has 0 spiro atoms. The number of phenols is 1. The van der Waals surface area contributed by atoms with Gasteiger partial charge in [-0.2, -0.15) is 4.73 Å². The van der Waals surface area contributed by atoms with Gasteiger partial charge in [-0.25, -0.2) is 0 Å². The lowest BCUT2D eigenvalue weighted by molar-refractivity contribution is -0.605. The fourth-order valence-electron chi connectivity index (χ4n) is 9.92. The van der Waals surface area contributed by atoms with Crippen LogP contribution in [0.2, 0.25) is 0 Å². The molecular formula is C29H33N3O3. The van der Waals surface area contributed by atoms with E-state index in [2.05, 4.69) is 21.9 Å². The van der Waals surface area contributed by atoms with Gasteiger partial charge in [-0.05, 0) is 104 Å². The minimum Gasteiger partial charge on any atom is -0.619 e. The van der Waals surface area contributed by atoms with Gasteiger partial charge in [0.15, 0.2) is 12.4 Å². The van der Waals surface area contributed by atoms with Crippen molar-refractivity contribution in [1.29, 1.82) is 0 Å². The zero-order valence-electron chi connectivity index (χ0n) is 20.1. The summed E-state index contributed by atoms with van der Waals surface area (Å²) in [4.78, 5) is 18.6. The SMILES string of the molecule is O=C(c1ccc[n+]([O-])c1)N1C[C@H]2CC34CCC1C2C31CCN(CC2CC2)C4Cc2ccc(O)cc21. The third-order valence-corrected chi connectivity index (χ3v) is 11.1. The lowest BCUT2D eigenvalue weighted by Crippen LogP contribution is -2.69. The zero-order chi connectivity index (χ0) is 23.5. The van der Waals surface area contributed by atoms with E-state index in [1.807, 2.05) is 6.07 Å². The van der Waals surface area contributed by atoms with Gasteiger partial charge in [0, 0.05) is 36.7 Å². The van der Waals surface area contributed by atoms with E-state index in [1.54, 1.807) is 12.1 Å². The Balaban J connectivity index is 1.24. The Morgan fingerprint density at radius 1 is 1.20 bits per heavy atom. The van der Waals surface area contributed by atoms with Gasteiger partial charge in [-0.15, -0.1) is 0 Å². The highest BCUT2D eigenvalue weighted by Gasteiger charge is 2.76. The number of amides is 1. The van der Waals surface area contributed by atoms with Gasteiger partial charge < -0.3 is 15.2 Å². The molecule has 6 nitrogen and oxygen atoms in total. The number of carbonyl (C=O) groups excluding carboxylic acids is 1. The predicted octanol–water partition coefficient (Wildman–Crippen LogP) is 3.24. The molecule has 1 amide bonds. The topological polar surface area (TPSA) is 70.7 Å². The van der Waals surface area contributed by atoms with Crippen molar-refractivity contribution in [3.05, 3.63) is 64.6 Å². The molecule has 5 unspecified atom stereocenters. The summed E-state index contributed by atoms with van der Waals surface area (Å²) in [6.45, 7) is 3.19. The number of hydrogen-bond donors (Lipinski definition) is 1. The molecule has 1 aromatic carbocycles. The third kappa shape index (κ3) is 2.54. The van der Waals surface area contributed by atoms with Crippen LogP contribution in [0.1, 0.15) is 60.0 Å². The lowest BCUT2D eigenvalue weighted by atomic mass is 9.43. The highest BCUT2D eigenvalue weighted by atomic mass is 16.5. The molecular weight excluding hydrogens is 438 g/mol. The van der Waals surface area contributed by atoms with Crippen molar-refractivity contribution < 1.29 is 14.6 Å². The Labute approximate surface area is 206 Å². The molecule has 1 aromatic heterocycles. The highest BCUT2D eigenvalue weighted by molar-refractivity contribution is 5.94. The average Bonchev–Trinajstić information content (AvgIpc) is 3.54. The summed E-state index contributed by atoms with van der Waals surface area (Å²) < 4.78 is 0.731. The molecule has 6 heteroatoms. The van der Waals surface area contributed by atoms with E-state index in [0.717, 1.165) is 49.4 Å². The van der Waals surface area contributed by atoms with Gasteiger partial charge >= 0.3 is 0 Å². The van der Waals surface area contributed by atoms with E-state index >= 15 is 0 Å². The molecule has 2 aliphatic heterocycles. The van der Waals surface area contributed by atoms with Crippen LogP contribution in [0.15, 0.2) is 42.7 Å². The first-order valence-corrected chi connectivity index (χ1v) is 13.6. The summed E-state index contributed by atoms with van der Waals surface area (Å²) in [5.41, 5.74) is 3.61. The largest absolute Gasteiger partial charge is 0.619 e. The van der Waals surface area contributed by atoms with Crippen molar-refractivity contribution in [3.8, 4) is 5.75 Å². The molecule has 4 bridgehead atoms. The van der Waals surface area contributed by atoms with Crippen LogP contribution >= 0.6 is 0 Å². The number of hydrogen-bond acceptors (Lipinski definition) is 4. The maximum atomic E-state index is 13.7. The number of aromatic nitrogens is 1. The van der Waals surface area contributed by atoms with E-state index < -0.39 is 0 Å². The van der Waals surface area contributed by atoms with Crippen molar-refractivity contribution in [2.45, 2.75) is 62.4 Å². The Kier molecular flexibility index (Phi) is 3.99. The van der Waals surface area contributed by atoms with Gasteiger partial charge in [0.1, 0.15) is 11.3 Å². The van der Waals surface area contributed by atoms with Crippen molar-refractivity contribution in [1.82, 2.24) is 9.80 Å². The molecule has 2 saturated heterocycles. The van der Waals surface area contributed by atoms with Crippen LogP contribution in [0.4, 0.5) is 0 Å². The second kappa shape index (κ2) is 6.78. The third-order valence-electron chi connectivity index (χ3n) is 11.1. The first kappa shape index (κ1) is 20.6. The van der Waals surface area contributed by atoms with Gasteiger partial charge in [0.2, 0.25) is 0 Å². The molecule has 3 heterocycles. The number of carbonyl (C=O) groups is 1. The normalized spacial score (nSPS) is 38.8. The summed E-state index contributed by atoms with van der Waals surface area (Å²) in [5.74, 6) is 2.20. The van der Waals surface area contributed by atoms with Crippen LogP contribution in [0.25, 0.3) is 0 Å². The number of fused-ring (bicyclic) bond motifs is 1. The van der Waals surface area contributed by atoms with E-state index in [0.29, 0.717) is 29.2 Å². The summed E-state index contributed by atoms with van der Waals surface area (Å²) in [7, 11) is 0. The standard InChI is InChI=1S/C29H33N3O3/c33-22-6-5-19-12-25-28-8-7-24-26(29(28,23(19)13-22)9-11-30(25)15-18-3-4-18)21(14-28)17-32(24)27(34)20-2-1-10-31(35)16-20/h1-2,5-6,10,13,16,18,21,24-26,33H,3-4,7-9,11-12,14-15,17H2/t21-,24?,25?,26?,28?,29?/m1/s1. The smallest absolute Gasteiger partial charge is 0.260 e. The van der Waals surface area contributed by atoms with Crippen LogP contribution in [-0.4, -0.2) is 52.5 Å². The fourth-order valence-corrected chi connectivity index (χ4v) is 9.92. The number of pyridine rings is 1. The van der Waals surface area contributed by atoms with Crippen molar-refractivity contribution in [3.63, 3.8) is 0 Å². The van der Waals surface area contributed by atoms with Gasteiger partial charge in [0.05, 0.1) is 0 Å². The average molecular weight is 472 g/mol. The predicted molar refractivity (Wildman–Crippen MR) is 130 cm³/mol. The van der Waals surface area contributed by atoms with Crippen molar-refractivity contribution in [2.75, 3.05) is 19.6 Å². The second-order valence-electron chi connectivity index (χ2n) is 12.4. The number of benzene rings is 1. The second-order valence-corrected chi connectivity index (χ2v) is 12.4. The summed E-state index contributed by atoms with van der Waals surface area (Å²) in [6.07, 6.45) is 11.3. The molecule has 6 atom stereocenters. The van der Waals surface area contributed by atoms with Gasteiger partial charge in [-0.3, -0.25) is 9.69 Å². The number of rotatable bonds is 3. The maximum absolute atomic E-state index is 13.7. The number of aromatic hydroxyl groups is 1. The van der Waals surface area contributed by atoms with E-state index in [9.17, 15) is 15.1 Å². The zero-order valence-corrected chi connectivity index (χ0v) is 20.1. The summed E-state index contributed by atoms with van der Waals surface area (Å²) in [5, 5.41) is 22.5. The molecule has 8 rings (SSSR count). The Morgan fingerprint density at radius 2 is 2.09 bits per heavy atom. The fraction of sp³-hybridized carbons (Fsp3) is 0.586. The van der Waals surface area contributed by atoms with Gasteiger partial charge in [-0.1, -0.05) is 6.07 Å². The van der Waals surface area contributed by atoms with E-state index in [-0.39, 0.29) is 22.8 Å². The van der Waals surface area contributed by atoms with Crippen LogP contribution in [0.5, 0.6) is 5.75 Å². The van der Waals surface area contributed by atoms with Crippen molar-refractivity contribution >= 4 is 5.91 Å². The Morgan fingerprint density at radius 3 is 2.91 bits per heavy atom. The van der Waals surface area contributed by atoms with E-state index in [1.165, 1.54) is 49.3 Å². The first-order valence-electron chi connectivity index (χ1n) is 13.6. The Hall–Kier alpha value is -2.60. The minimum absolute atomic E-state index is 0.00756. The molecule has 0 radical (unpaired) electrons. The van der Waals surface area contributed by atoms with Crippen LogP contribution < -0.4 is 4.73 Å². The monoisotopic (exact) mass is 471 g/mol. The Bertz CT molecular complexity index is 1240. The molecule has 5 fully saturated rings. The molecule has 4 aliphatic carbocycles. The quantitative estimate of drug-likeness (QED) is 0.551. The highest BCUT2D eigenvalue weighted by Crippen LogP contribution is 2.75. The summed E-state index contributed by atoms with van der Waals surface area (Å²) in [6, 6.07) is 10.4. The maximum Gasteiger partial charge on any atom is 0.260 e. The summed E-state index contributed by atoms with van der Waals surface area (Å²) >= 11 is 0. The number of piperidine rings is 1. The first-order chi connectivity index (χ1) is 17.0. The molecule has 3 saturated carbocycles. The van der Waals surface area contributed by atoms with Crippen molar-refractivity contribution in [2.24, 2.45) is 23.2 Å². The lowest BCUT2D eigenvalue weighted by Gasteiger charge is -2.66. The van der Waals surface area contributed by atoms with Crippen LogP contribution in [0, 0.1) is 28.4 Å². The van der Waals surface area contributed by atoms with Gasteiger partial charge in [0.25, 0.3) is 5.91 Å².